The minimum atomic E-state index is -0.323. The van der Waals surface area contributed by atoms with Crippen LogP contribution in [-0.2, 0) is 4.79 Å². The molecule has 1 saturated heterocycles. The van der Waals surface area contributed by atoms with E-state index in [0.29, 0.717) is 12.1 Å². The Bertz CT molecular complexity index is 364. The molecule has 2 atom stereocenters. The molecule has 1 fully saturated rings. The Balaban J connectivity index is 2.39. The van der Waals surface area contributed by atoms with E-state index in [9.17, 15) is 9.18 Å². The molecule has 1 aliphatic rings. The van der Waals surface area contributed by atoms with Crippen LogP contribution < -0.4 is 5.32 Å². The number of carbonyl (C=O) groups excluding carboxylic acids is 1. The maximum absolute atomic E-state index is 13.4. The van der Waals surface area contributed by atoms with Gasteiger partial charge in [-0.3, -0.25) is 4.79 Å². The summed E-state index contributed by atoms with van der Waals surface area (Å²) in [5.41, 5.74) is 0.509. The second-order valence-electron chi connectivity index (χ2n) is 3.72. The summed E-state index contributed by atoms with van der Waals surface area (Å²) in [5, 5.41) is 2.74. The lowest BCUT2D eigenvalue weighted by atomic mass is 9.89. The number of amides is 1. The molecule has 1 unspecified atom stereocenters. The lowest BCUT2D eigenvalue weighted by molar-refractivity contribution is -0.120. The Hall–Kier alpha value is -1.38. The van der Waals surface area contributed by atoms with Crippen molar-refractivity contribution < 1.29 is 9.18 Å². The first-order valence-corrected chi connectivity index (χ1v) is 4.72. The fraction of sp³-hybridized carbons (Fsp3) is 0.364. The van der Waals surface area contributed by atoms with Crippen molar-refractivity contribution in [2.45, 2.75) is 12.8 Å². The van der Waals surface area contributed by atoms with Gasteiger partial charge in [0, 0.05) is 12.1 Å². The van der Waals surface area contributed by atoms with E-state index in [0.717, 1.165) is 0 Å². The van der Waals surface area contributed by atoms with Crippen molar-refractivity contribution in [2.75, 3.05) is 6.54 Å². The Morgan fingerprint density at radius 3 is 2.71 bits per heavy atom. The molecule has 74 valence electrons. The number of carbonyl (C=O) groups is 1. The molecule has 0 aliphatic carbocycles. The maximum Gasteiger partial charge on any atom is 0.228 e. The van der Waals surface area contributed by atoms with Gasteiger partial charge in [-0.15, -0.1) is 0 Å². The fourth-order valence-corrected chi connectivity index (χ4v) is 1.92. The summed E-state index contributed by atoms with van der Waals surface area (Å²) in [4.78, 5) is 11.5. The standard InChI is InChI=1S/C11H12FNO/c1-7-6-13-11(14)10(7)8-4-2-3-5-9(8)12/h2-5,7,10H,6H2,1H3,(H,13,14)/t7?,10-/m1/s1. The van der Waals surface area contributed by atoms with Gasteiger partial charge in [0.05, 0.1) is 5.92 Å². The Morgan fingerprint density at radius 1 is 1.43 bits per heavy atom. The number of nitrogens with one attached hydrogen (secondary N) is 1. The van der Waals surface area contributed by atoms with Crippen LogP contribution in [0.4, 0.5) is 4.39 Å². The van der Waals surface area contributed by atoms with E-state index >= 15 is 0 Å². The monoisotopic (exact) mass is 193 g/mol. The van der Waals surface area contributed by atoms with Gasteiger partial charge in [-0.1, -0.05) is 25.1 Å². The zero-order chi connectivity index (χ0) is 10.1. The van der Waals surface area contributed by atoms with Crippen molar-refractivity contribution in [3.05, 3.63) is 35.6 Å². The topological polar surface area (TPSA) is 29.1 Å². The molecular formula is C11H12FNO. The number of halogens is 1. The molecule has 1 aromatic carbocycles. The summed E-state index contributed by atoms with van der Waals surface area (Å²) in [6.07, 6.45) is 0. The second kappa shape index (κ2) is 3.40. The molecule has 1 N–H and O–H groups in total. The molecule has 0 radical (unpaired) electrons. The normalized spacial score (nSPS) is 26.3. The number of hydrogen-bond donors (Lipinski definition) is 1. The summed E-state index contributed by atoms with van der Waals surface area (Å²) < 4.78 is 13.4. The van der Waals surface area contributed by atoms with Crippen LogP contribution >= 0.6 is 0 Å². The van der Waals surface area contributed by atoms with E-state index in [-0.39, 0.29) is 23.6 Å². The molecule has 1 heterocycles. The smallest absolute Gasteiger partial charge is 0.228 e. The minimum absolute atomic E-state index is 0.0670. The highest BCUT2D eigenvalue weighted by molar-refractivity contribution is 5.86. The Kier molecular flexibility index (Phi) is 2.23. The van der Waals surface area contributed by atoms with Gasteiger partial charge < -0.3 is 5.32 Å². The van der Waals surface area contributed by atoms with Gasteiger partial charge >= 0.3 is 0 Å². The molecule has 14 heavy (non-hydrogen) atoms. The molecule has 2 rings (SSSR count). The predicted molar refractivity (Wildman–Crippen MR) is 51.3 cm³/mol. The third-order valence-corrected chi connectivity index (χ3v) is 2.69. The molecule has 3 heteroatoms. The first-order chi connectivity index (χ1) is 6.70. The highest BCUT2D eigenvalue weighted by Gasteiger charge is 2.34. The second-order valence-corrected chi connectivity index (χ2v) is 3.72. The molecule has 0 bridgehead atoms. The van der Waals surface area contributed by atoms with E-state index in [1.165, 1.54) is 6.07 Å². The van der Waals surface area contributed by atoms with Crippen molar-refractivity contribution in [3.63, 3.8) is 0 Å². The van der Waals surface area contributed by atoms with Crippen LogP contribution in [0.2, 0.25) is 0 Å². The van der Waals surface area contributed by atoms with E-state index in [1.807, 2.05) is 6.92 Å². The van der Waals surface area contributed by atoms with Gasteiger partial charge in [0.1, 0.15) is 5.82 Å². The van der Waals surface area contributed by atoms with Crippen molar-refractivity contribution in [1.82, 2.24) is 5.32 Å². The average molecular weight is 193 g/mol. The van der Waals surface area contributed by atoms with Gasteiger partial charge in [0.25, 0.3) is 0 Å². The van der Waals surface area contributed by atoms with Crippen LogP contribution in [-0.4, -0.2) is 12.5 Å². The molecule has 0 aromatic heterocycles. The highest BCUT2D eigenvalue weighted by atomic mass is 19.1. The summed E-state index contributed by atoms with van der Waals surface area (Å²) in [6, 6.07) is 6.47. The van der Waals surface area contributed by atoms with E-state index in [4.69, 9.17) is 0 Å². The van der Waals surface area contributed by atoms with Gasteiger partial charge in [-0.05, 0) is 12.0 Å². The van der Waals surface area contributed by atoms with Crippen molar-refractivity contribution in [1.29, 1.82) is 0 Å². The van der Waals surface area contributed by atoms with Gasteiger partial charge in [0.2, 0.25) is 5.91 Å². The maximum atomic E-state index is 13.4. The van der Waals surface area contributed by atoms with Crippen LogP contribution in [0.25, 0.3) is 0 Å². The number of benzene rings is 1. The van der Waals surface area contributed by atoms with Crippen molar-refractivity contribution in [3.8, 4) is 0 Å². The average Bonchev–Trinajstić information content (AvgIpc) is 2.48. The van der Waals surface area contributed by atoms with Crippen molar-refractivity contribution >= 4 is 5.91 Å². The zero-order valence-electron chi connectivity index (χ0n) is 7.96. The number of rotatable bonds is 1. The van der Waals surface area contributed by atoms with Gasteiger partial charge in [-0.2, -0.15) is 0 Å². The quantitative estimate of drug-likeness (QED) is 0.722. The minimum Gasteiger partial charge on any atom is -0.355 e. The molecule has 2 nitrogen and oxygen atoms in total. The number of hydrogen-bond acceptors (Lipinski definition) is 1. The first kappa shape index (κ1) is 9.19. The Labute approximate surface area is 82.1 Å². The molecule has 0 saturated carbocycles. The van der Waals surface area contributed by atoms with E-state index in [1.54, 1.807) is 18.2 Å². The molecule has 1 aromatic rings. The van der Waals surface area contributed by atoms with Gasteiger partial charge in [-0.25, -0.2) is 4.39 Å². The van der Waals surface area contributed by atoms with Crippen LogP contribution in [0.15, 0.2) is 24.3 Å². The molecule has 0 spiro atoms. The lowest BCUT2D eigenvalue weighted by Crippen LogP contribution is -2.18. The fourth-order valence-electron chi connectivity index (χ4n) is 1.92. The van der Waals surface area contributed by atoms with E-state index in [2.05, 4.69) is 5.32 Å². The van der Waals surface area contributed by atoms with Crippen LogP contribution in [0.3, 0.4) is 0 Å². The molecule has 1 amide bonds. The van der Waals surface area contributed by atoms with E-state index < -0.39 is 0 Å². The largest absolute Gasteiger partial charge is 0.355 e. The van der Waals surface area contributed by atoms with Gasteiger partial charge in [0.15, 0.2) is 0 Å². The van der Waals surface area contributed by atoms with Crippen LogP contribution in [0.5, 0.6) is 0 Å². The third kappa shape index (κ3) is 1.39. The van der Waals surface area contributed by atoms with Crippen molar-refractivity contribution in [2.24, 2.45) is 5.92 Å². The zero-order valence-corrected chi connectivity index (χ0v) is 7.96. The first-order valence-electron chi connectivity index (χ1n) is 4.72. The predicted octanol–water partition coefficient (Wildman–Crippen LogP) is 1.68. The van der Waals surface area contributed by atoms with Crippen LogP contribution in [0.1, 0.15) is 18.4 Å². The molecular weight excluding hydrogens is 181 g/mol. The summed E-state index contributed by atoms with van der Waals surface area (Å²) in [6.45, 7) is 2.59. The summed E-state index contributed by atoms with van der Waals surface area (Å²) >= 11 is 0. The lowest BCUT2D eigenvalue weighted by Gasteiger charge is -2.12. The summed E-state index contributed by atoms with van der Waals surface area (Å²) in [5.74, 6) is -0.514. The molecule has 1 aliphatic heterocycles. The Morgan fingerprint density at radius 2 is 2.14 bits per heavy atom. The van der Waals surface area contributed by atoms with Crippen LogP contribution in [0, 0.1) is 11.7 Å². The summed E-state index contributed by atoms with van der Waals surface area (Å²) in [7, 11) is 0. The third-order valence-electron chi connectivity index (χ3n) is 2.69. The highest BCUT2D eigenvalue weighted by Crippen LogP contribution is 2.30. The SMILES string of the molecule is CC1CNC(=O)[C@H]1c1ccccc1F.